The molecule has 0 bridgehead atoms. The van der Waals surface area contributed by atoms with Crippen LogP contribution in [0.3, 0.4) is 0 Å². The van der Waals surface area contributed by atoms with Crippen LogP contribution in [0.1, 0.15) is 11.4 Å². The van der Waals surface area contributed by atoms with Crippen molar-refractivity contribution in [2.45, 2.75) is 20.4 Å². The van der Waals surface area contributed by atoms with E-state index in [0.717, 1.165) is 26.2 Å². The van der Waals surface area contributed by atoms with E-state index in [1.807, 2.05) is 0 Å². The molecule has 1 aliphatic heterocycles. The maximum absolute atomic E-state index is 3.59. The van der Waals surface area contributed by atoms with Crippen molar-refractivity contribution in [3.05, 3.63) is 21.9 Å². The predicted molar refractivity (Wildman–Crippen MR) is 70.9 cm³/mol. The normalized spacial score (nSPS) is 17.9. The summed E-state index contributed by atoms with van der Waals surface area (Å²) >= 11 is 3.59. The van der Waals surface area contributed by atoms with Crippen LogP contribution < -0.4 is 5.32 Å². The molecule has 1 fully saturated rings. The van der Waals surface area contributed by atoms with E-state index in [9.17, 15) is 0 Å². The minimum Gasteiger partial charge on any atom is -0.347 e. The van der Waals surface area contributed by atoms with Crippen LogP contribution in [0.25, 0.3) is 0 Å². The van der Waals surface area contributed by atoms with Gasteiger partial charge in [-0.3, -0.25) is 4.90 Å². The van der Waals surface area contributed by atoms with Gasteiger partial charge in [-0.25, -0.2) is 0 Å². The maximum Gasteiger partial charge on any atom is 0.0384 e. The topological polar surface area (TPSA) is 20.2 Å². The summed E-state index contributed by atoms with van der Waals surface area (Å²) in [6.07, 6.45) is 0. The Morgan fingerprint density at radius 3 is 2.50 bits per heavy atom. The Hall–Kier alpha value is -0.320. The molecule has 1 aromatic heterocycles. The summed E-state index contributed by atoms with van der Waals surface area (Å²) in [5, 5.41) is 3.38. The summed E-state index contributed by atoms with van der Waals surface area (Å²) in [4.78, 5) is 2.53. The van der Waals surface area contributed by atoms with Gasteiger partial charge in [0.1, 0.15) is 0 Å². The molecule has 0 saturated carbocycles. The molecule has 1 N–H and O–H groups in total. The zero-order valence-corrected chi connectivity index (χ0v) is 11.7. The first-order valence-corrected chi connectivity index (χ1v) is 6.73. The second-order valence-electron chi connectivity index (χ2n) is 4.46. The minimum atomic E-state index is 1.10. The zero-order valence-electron chi connectivity index (χ0n) is 10.1. The van der Waals surface area contributed by atoms with Gasteiger partial charge < -0.3 is 9.88 Å². The highest BCUT2D eigenvalue weighted by molar-refractivity contribution is 9.10. The molecule has 16 heavy (non-hydrogen) atoms. The summed E-state index contributed by atoms with van der Waals surface area (Å²) in [5.41, 5.74) is 2.69. The van der Waals surface area contributed by atoms with E-state index in [4.69, 9.17) is 0 Å². The Bertz CT molecular complexity index is 353. The minimum absolute atomic E-state index is 1.10. The van der Waals surface area contributed by atoms with Crippen molar-refractivity contribution in [3.8, 4) is 0 Å². The van der Waals surface area contributed by atoms with Crippen LogP contribution in [-0.4, -0.2) is 42.2 Å². The fourth-order valence-corrected chi connectivity index (χ4v) is 2.82. The van der Waals surface area contributed by atoms with Crippen molar-refractivity contribution in [2.75, 3.05) is 32.7 Å². The summed E-state index contributed by atoms with van der Waals surface area (Å²) in [5.74, 6) is 0. The number of aryl methyl sites for hydroxylation is 1. The highest BCUT2D eigenvalue weighted by atomic mass is 79.9. The number of aromatic nitrogens is 1. The van der Waals surface area contributed by atoms with E-state index in [-0.39, 0.29) is 0 Å². The highest BCUT2D eigenvalue weighted by Crippen LogP contribution is 2.20. The maximum atomic E-state index is 3.59. The summed E-state index contributed by atoms with van der Waals surface area (Å²) in [6, 6.07) is 2.20. The molecule has 1 aliphatic rings. The van der Waals surface area contributed by atoms with Crippen molar-refractivity contribution in [1.29, 1.82) is 0 Å². The predicted octanol–water partition coefficient (Wildman–Crippen LogP) is 1.77. The lowest BCUT2D eigenvalue weighted by Gasteiger charge is -2.27. The van der Waals surface area contributed by atoms with Gasteiger partial charge in [0.2, 0.25) is 0 Å². The third kappa shape index (κ3) is 2.67. The average Bonchev–Trinajstić information content (AvgIpc) is 2.53. The molecule has 0 aliphatic carbocycles. The molecular formula is C12H20BrN3. The molecule has 2 rings (SSSR count). The zero-order chi connectivity index (χ0) is 11.5. The van der Waals surface area contributed by atoms with Gasteiger partial charge in [-0.1, -0.05) is 0 Å². The number of hydrogen-bond acceptors (Lipinski definition) is 2. The molecule has 2 heterocycles. The van der Waals surface area contributed by atoms with Crippen LogP contribution in [0, 0.1) is 13.8 Å². The van der Waals surface area contributed by atoms with Crippen LogP contribution in [0.2, 0.25) is 0 Å². The third-order valence-corrected chi connectivity index (χ3v) is 4.16. The number of halogens is 1. The number of hydrogen-bond donors (Lipinski definition) is 1. The molecule has 4 heteroatoms. The molecule has 1 aromatic rings. The molecule has 0 amide bonds. The van der Waals surface area contributed by atoms with Gasteiger partial charge in [-0.15, -0.1) is 0 Å². The van der Waals surface area contributed by atoms with E-state index >= 15 is 0 Å². The van der Waals surface area contributed by atoms with Gasteiger partial charge in [0.25, 0.3) is 0 Å². The lowest BCUT2D eigenvalue weighted by Crippen LogP contribution is -2.44. The molecule has 0 unspecified atom stereocenters. The lowest BCUT2D eigenvalue weighted by molar-refractivity contribution is 0.231. The van der Waals surface area contributed by atoms with Gasteiger partial charge in [0.05, 0.1) is 0 Å². The molecule has 0 radical (unpaired) electrons. The largest absolute Gasteiger partial charge is 0.347 e. The smallest absolute Gasteiger partial charge is 0.0384 e. The van der Waals surface area contributed by atoms with Crippen LogP contribution in [0.15, 0.2) is 10.5 Å². The standard InChI is InChI=1S/C12H20BrN3/c1-10-9-12(13)11(2)16(10)8-7-15-5-3-14-4-6-15/h9,14H,3-8H2,1-2H3. The number of nitrogens with one attached hydrogen (secondary N) is 1. The van der Waals surface area contributed by atoms with Crippen molar-refractivity contribution >= 4 is 15.9 Å². The van der Waals surface area contributed by atoms with Gasteiger partial charge in [0.15, 0.2) is 0 Å². The van der Waals surface area contributed by atoms with Crippen LogP contribution >= 0.6 is 15.9 Å². The monoisotopic (exact) mass is 285 g/mol. The quantitative estimate of drug-likeness (QED) is 0.914. The Balaban J connectivity index is 1.93. The van der Waals surface area contributed by atoms with Crippen molar-refractivity contribution in [1.82, 2.24) is 14.8 Å². The van der Waals surface area contributed by atoms with E-state index < -0.39 is 0 Å². The Kier molecular flexibility index (Phi) is 4.05. The first-order chi connectivity index (χ1) is 7.68. The first kappa shape index (κ1) is 12.1. The van der Waals surface area contributed by atoms with Crippen molar-refractivity contribution in [2.24, 2.45) is 0 Å². The SMILES string of the molecule is Cc1cc(Br)c(C)n1CCN1CCNCC1. The second kappa shape index (κ2) is 5.34. The van der Waals surface area contributed by atoms with Gasteiger partial charge >= 0.3 is 0 Å². The molecule has 90 valence electrons. The van der Waals surface area contributed by atoms with Crippen LogP contribution in [-0.2, 0) is 6.54 Å². The molecule has 0 atom stereocenters. The van der Waals surface area contributed by atoms with E-state index in [1.54, 1.807) is 0 Å². The molecule has 0 spiro atoms. The number of rotatable bonds is 3. The molecule has 1 saturated heterocycles. The molecular weight excluding hydrogens is 266 g/mol. The Labute approximate surface area is 106 Å². The first-order valence-electron chi connectivity index (χ1n) is 5.94. The summed E-state index contributed by atoms with van der Waals surface area (Å²) in [7, 11) is 0. The number of piperazine rings is 1. The fourth-order valence-electron chi connectivity index (χ4n) is 2.28. The van der Waals surface area contributed by atoms with Crippen LogP contribution in [0.4, 0.5) is 0 Å². The van der Waals surface area contributed by atoms with Crippen molar-refractivity contribution in [3.63, 3.8) is 0 Å². The lowest BCUT2D eigenvalue weighted by atomic mass is 10.3. The van der Waals surface area contributed by atoms with Crippen molar-refractivity contribution < 1.29 is 0 Å². The number of nitrogens with zero attached hydrogens (tertiary/aromatic N) is 2. The third-order valence-electron chi connectivity index (χ3n) is 3.36. The van der Waals surface area contributed by atoms with Crippen LogP contribution in [0.5, 0.6) is 0 Å². The van der Waals surface area contributed by atoms with E-state index in [0.29, 0.717) is 0 Å². The fraction of sp³-hybridized carbons (Fsp3) is 0.667. The van der Waals surface area contributed by atoms with Gasteiger partial charge in [-0.05, 0) is 35.8 Å². The second-order valence-corrected chi connectivity index (χ2v) is 5.32. The summed E-state index contributed by atoms with van der Waals surface area (Å²) in [6.45, 7) is 11.2. The van der Waals surface area contributed by atoms with Gasteiger partial charge in [-0.2, -0.15) is 0 Å². The Morgan fingerprint density at radius 2 is 1.94 bits per heavy atom. The Morgan fingerprint density at radius 1 is 1.25 bits per heavy atom. The van der Waals surface area contributed by atoms with Gasteiger partial charge in [0, 0.05) is 55.1 Å². The summed E-state index contributed by atoms with van der Waals surface area (Å²) < 4.78 is 3.62. The molecule has 0 aromatic carbocycles. The van der Waals surface area contributed by atoms with E-state index in [1.165, 1.54) is 29.0 Å². The average molecular weight is 286 g/mol. The van der Waals surface area contributed by atoms with E-state index in [2.05, 4.69) is 50.6 Å². The highest BCUT2D eigenvalue weighted by Gasteiger charge is 2.11. The molecule has 3 nitrogen and oxygen atoms in total.